The summed E-state index contributed by atoms with van der Waals surface area (Å²) in [5, 5.41) is 3.02. The first kappa shape index (κ1) is 19.7. The lowest BCUT2D eigenvalue weighted by Gasteiger charge is -2.31. The van der Waals surface area contributed by atoms with Crippen LogP contribution in [0.5, 0.6) is 0 Å². The maximum Gasteiger partial charge on any atom is 0.306 e. The second-order valence-electron chi connectivity index (χ2n) is 6.70. The fraction of sp³-hybridized carbons (Fsp3) is 0.364. The lowest BCUT2D eigenvalue weighted by Crippen LogP contribution is -2.39. The van der Waals surface area contributed by atoms with Crippen molar-refractivity contribution < 1.29 is 14.3 Å². The lowest BCUT2D eigenvalue weighted by molar-refractivity contribution is -0.146. The van der Waals surface area contributed by atoms with Crippen molar-refractivity contribution in [2.45, 2.75) is 45.3 Å². The summed E-state index contributed by atoms with van der Waals surface area (Å²) in [6, 6.07) is 9.55. The Bertz CT molecular complexity index is 691. The van der Waals surface area contributed by atoms with Crippen LogP contribution in [0.25, 0.3) is 0 Å². The van der Waals surface area contributed by atoms with Gasteiger partial charge >= 0.3 is 5.97 Å². The molecule has 4 nitrogen and oxygen atoms in total. The van der Waals surface area contributed by atoms with Crippen LogP contribution in [0.15, 0.2) is 66.8 Å². The van der Waals surface area contributed by atoms with E-state index in [1.807, 2.05) is 36.4 Å². The molecule has 138 valence electrons. The van der Waals surface area contributed by atoms with Crippen LogP contribution in [0, 0.1) is 5.92 Å². The molecule has 2 atom stereocenters. The van der Waals surface area contributed by atoms with Gasteiger partial charge in [0.25, 0.3) is 0 Å². The third kappa shape index (κ3) is 6.03. The zero-order valence-corrected chi connectivity index (χ0v) is 15.4. The van der Waals surface area contributed by atoms with Gasteiger partial charge in [-0.1, -0.05) is 62.6 Å². The topological polar surface area (TPSA) is 55.4 Å². The molecule has 1 aliphatic carbocycles. The van der Waals surface area contributed by atoms with E-state index in [1.165, 1.54) is 0 Å². The Labute approximate surface area is 155 Å². The van der Waals surface area contributed by atoms with Gasteiger partial charge in [0.05, 0.1) is 6.42 Å². The summed E-state index contributed by atoms with van der Waals surface area (Å²) in [6.45, 7) is 10.2. The number of amides is 1. The summed E-state index contributed by atoms with van der Waals surface area (Å²) in [6.07, 6.45) is 5.54. The Hall–Kier alpha value is -2.62. The highest BCUT2D eigenvalue weighted by atomic mass is 16.5. The largest absolute Gasteiger partial charge is 0.461 e. The monoisotopic (exact) mass is 353 g/mol. The van der Waals surface area contributed by atoms with E-state index in [-0.39, 0.29) is 37.4 Å². The first-order valence-electron chi connectivity index (χ1n) is 8.99. The van der Waals surface area contributed by atoms with Crippen LogP contribution in [-0.4, -0.2) is 17.9 Å². The number of carbonyl (C=O) groups is 2. The zero-order chi connectivity index (χ0) is 18.9. The molecule has 0 aliphatic heterocycles. The minimum Gasteiger partial charge on any atom is -0.461 e. The van der Waals surface area contributed by atoms with Crippen LogP contribution in [0.3, 0.4) is 0 Å². The maximum atomic E-state index is 12.2. The van der Waals surface area contributed by atoms with Crippen LogP contribution in [0.4, 0.5) is 0 Å². The molecule has 0 aromatic heterocycles. The van der Waals surface area contributed by atoms with Gasteiger partial charge in [-0.25, -0.2) is 0 Å². The molecule has 1 amide bonds. The molecule has 1 fully saturated rings. The van der Waals surface area contributed by atoms with Crippen molar-refractivity contribution in [3.8, 4) is 0 Å². The van der Waals surface area contributed by atoms with E-state index in [0.717, 1.165) is 29.6 Å². The number of hydrogen-bond acceptors (Lipinski definition) is 3. The highest BCUT2D eigenvalue weighted by Gasteiger charge is 2.26. The number of rotatable bonds is 7. The third-order valence-corrected chi connectivity index (χ3v) is 4.59. The molecule has 0 spiro atoms. The Morgan fingerprint density at radius 1 is 1.27 bits per heavy atom. The Kier molecular flexibility index (Phi) is 7.39. The Morgan fingerprint density at radius 2 is 2.00 bits per heavy atom. The second-order valence-corrected chi connectivity index (χ2v) is 6.70. The van der Waals surface area contributed by atoms with Gasteiger partial charge in [0.15, 0.2) is 0 Å². The molecule has 2 rings (SSSR count). The van der Waals surface area contributed by atoms with Gasteiger partial charge in [-0.3, -0.25) is 9.59 Å². The molecule has 2 unspecified atom stereocenters. The number of hydrogen-bond donors (Lipinski definition) is 1. The fourth-order valence-electron chi connectivity index (χ4n) is 3.12. The van der Waals surface area contributed by atoms with Gasteiger partial charge < -0.3 is 10.1 Å². The highest BCUT2D eigenvalue weighted by molar-refractivity contribution is 5.81. The standard InChI is InChI=1S/C22H27NO3/c1-4-8-19-14-20(13-16(2)17(19)3)23-21(24)11-12-22(25)26-15-18-9-6-5-7-10-18/h4-10,16,20H,1,3,11-15H2,2H3,(H,23,24). The molecule has 1 N–H and O–H groups in total. The number of nitrogens with one attached hydrogen (secondary N) is 1. The molecule has 0 radical (unpaired) electrons. The van der Waals surface area contributed by atoms with Gasteiger partial charge in [-0.05, 0) is 35.5 Å². The van der Waals surface area contributed by atoms with Crippen molar-refractivity contribution in [3.63, 3.8) is 0 Å². The molecular formula is C22H27NO3. The average molecular weight is 353 g/mol. The van der Waals surface area contributed by atoms with Crippen molar-refractivity contribution in [1.82, 2.24) is 5.32 Å². The molecule has 1 aromatic rings. The summed E-state index contributed by atoms with van der Waals surface area (Å²) >= 11 is 0. The van der Waals surface area contributed by atoms with Gasteiger partial charge in [0.1, 0.15) is 6.61 Å². The molecule has 0 saturated heterocycles. The van der Waals surface area contributed by atoms with E-state index in [0.29, 0.717) is 5.92 Å². The Morgan fingerprint density at radius 3 is 2.69 bits per heavy atom. The summed E-state index contributed by atoms with van der Waals surface area (Å²) in [5.41, 5.74) is 3.18. The SMILES string of the molecule is C=CC=C1CC(NC(=O)CCC(=O)OCc2ccccc2)CC(C)C1=C. The molecule has 0 bridgehead atoms. The van der Waals surface area contributed by atoms with Crippen LogP contribution in [0.2, 0.25) is 0 Å². The van der Waals surface area contributed by atoms with Crippen molar-refractivity contribution in [3.05, 3.63) is 72.4 Å². The van der Waals surface area contributed by atoms with Crippen LogP contribution in [0.1, 0.15) is 38.2 Å². The number of carbonyl (C=O) groups excluding carboxylic acids is 2. The van der Waals surface area contributed by atoms with Crippen LogP contribution in [-0.2, 0) is 20.9 Å². The Balaban J connectivity index is 1.74. The van der Waals surface area contributed by atoms with Gasteiger partial charge in [-0.2, -0.15) is 0 Å². The first-order valence-corrected chi connectivity index (χ1v) is 8.99. The van der Waals surface area contributed by atoms with Crippen molar-refractivity contribution in [1.29, 1.82) is 0 Å². The van der Waals surface area contributed by atoms with Gasteiger partial charge in [0, 0.05) is 12.5 Å². The number of allylic oxidation sites excluding steroid dienone is 3. The number of esters is 1. The molecular weight excluding hydrogens is 326 g/mol. The van der Waals surface area contributed by atoms with Crippen molar-refractivity contribution >= 4 is 11.9 Å². The molecule has 1 aliphatic rings. The van der Waals surface area contributed by atoms with Crippen LogP contribution < -0.4 is 5.32 Å². The smallest absolute Gasteiger partial charge is 0.306 e. The van der Waals surface area contributed by atoms with Gasteiger partial charge in [-0.15, -0.1) is 0 Å². The van der Waals surface area contributed by atoms with Gasteiger partial charge in [0.2, 0.25) is 5.91 Å². The fourth-order valence-corrected chi connectivity index (χ4v) is 3.12. The second kappa shape index (κ2) is 9.76. The zero-order valence-electron chi connectivity index (χ0n) is 15.4. The highest BCUT2D eigenvalue weighted by Crippen LogP contribution is 2.32. The number of benzene rings is 1. The normalized spacial score (nSPS) is 21.3. The quantitative estimate of drug-likeness (QED) is 0.751. The van der Waals surface area contributed by atoms with E-state index in [4.69, 9.17) is 4.74 Å². The van der Waals surface area contributed by atoms with E-state index < -0.39 is 0 Å². The van der Waals surface area contributed by atoms with E-state index in [2.05, 4.69) is 25.4 Å². The molecule has 1 aromatic carbocycles. The van der Waals surface area contributed by atoms with E-state index in [1.54, 1.807) is 6.08 Å². The first-order chi connectivity index (χ1) is 12.5. The minimum absolute atomic E-state index is 0.0644. The summed E-state index contributed by atoms with van der Waals surface area (Å²) in [7, 11) is 0. The predicted octanol–water partition coefficient (Wildman–Crippen LogP) is 4.09. The van der Waals surface area contributed by atoms with Crippen molar-refractivity contribution in [2.75, 3.05) is 0 Å². The number of ether oxygens (including phenoxy) is 1. The van der Waals surface area contributed by atoms with Crippen molar-refractivity contribution in [2.24, 2.45) is 5.92 Å². The molecule has 26 heavy (non-hydrogen) atoms. The maximum absolute atomic E-state index is 12.2. The average Bonchev–Trinajstić information content (AvgIpc) is 2.63. The van der Waals surface area contributed by atoms with E-state index >= 15 is 0 Å². The minimum atomic E-state index is -0.360. The molecule has 0 heterocycles. The molecule has 4 heteroatoms. The lowest BCUT2D eigenvalue weighted by atomic mass is 9.79. The summed E-state index contributed by atoms with van der Waals surface area (Å²) in [5.74, 6) is -0.165. The summed E-state index contributed by atoms with van der Waals surface area (Å²) in [4.78, 5) is 24.0. The predicted molar refractivity (Wildman–Crippen MR) is 103 cm³/mol. The third-order valence-electron chi connectivity index (χ3n) is 4.59. The molecule has 1 saturated carbocycles. The van der Waals surface area contributed by atoms with Crippen LogP contribution >= 0.6 is 0 Å². The van der Waals surface area contributed by atoms with E-state index in [9.17, 15) is 9.59 Å². The summed E-state index contributed by atoms with van der Waals surface area (Å²) < 4.78 is 5.20.